The molecule has 0 saturated heterocycles. The standard InChI is InChI=1S/C60H41NS/c1-2-14-42(15-3-1)52-37-33-46(50-23-12-18-41-16-4-6-19-48(41)50)39-58(52)61(57-26-10-8-21-53(57)55-24-13-25-56-54-22-9-11-27-59(54)62-60(55)56)47-34-30-40(31-35-47)44-32-36-51-45(38-44)29-28-43-17-5-7-20-49(43)51/h1-10,12-26,28-39H,11,27H2. The maximum atomic E-state index is 2.51. The first-order valence-electron chi connectivity index (χ1n) is 21.6. The van der Waals surface area contributed by atoms with Crippen LogP contribution < -0.4 is 4.90 Å². The first-order valence-corrected chi connectivity index (χ1v) is 22.4. The Hall–Kier alpha value is -7.52. The molecule has 1 aliphatic carbocycles. The number of nitrogens with zero attached hydrogens (tertiary/aromatic N) is 1. The number of hydrogen-bond donors (Lipinski definition) is 0. The summed E-state index contributed by atoms with van der Waals surface area (Å²) in [7, 11) is 0. The third-order valence-electron chi connectivity index (χ3n) is 12.7. The van der Waals surface area contributed by atoms with Crippen molar-refractivity contribution in [2.45, 2.75) is 12.8 Å². The van der Waals surface area contributed by atoms with Crippen molar-refractivity contribution in [3.05, 3.63) is 229 Å². The highest BCUT2D eigenvalue weighted by Crippen LogP contribution is 2.49. The number of anilines is 3. The van der Waals surface area contributed by atoms with E-state index in [-0.39, 0.29) is 0 Å². The molecule has 2 heteroatoms. The Balaban J connectivity index is 1.08. The van der Waals surface area contributed by atoms with Crippen molar-refractivity contribution >= 4 is 76.9 Å². The van der Waals surface area contributed by atoms with E-state index < -0.39 is 0 Å². The topological polar surface area (TPSA) is 3.24 Å². The number of rotatable bonds is 7. The summed E-state index contributed by atoms with van der Waals surface area (Å²) in [6, 6.07) is 78.4. The molecule has 0 fully saturated rings. The minimum Gasteiger partial charge on any atom is -0.309 e. The summed E-state index contributed by atoms with van der Waals surface area (Å²) in [5, 5.41) is 8.91. The summed E-state index contributed by atoms with van der Waals surface area (Å²) in [6.07, 6.45) is 6.86. The number of allylic oxidation sites excluding steroid dienone is 1. The highest BCUT2D eigenvalue weighted by Gasteiger charge is 2.24. The maximum absolute atomic E-state index is 2.51. The van der Waals surface area contributed by atoms with E-state index in [9.17, 15) is 0 Å². The van der Waals surface area contributed by atoms with Crippen molar-refractivity contribution in [2.24, 2.45) is 0 Å². The Morgan fingerprint density at radius 1 is 0.371 bits per heavy atom. The number of aryl methyl sites for hydroxylation is 1. The molecule has 0 aliphatic heterocycles. The summed E-state index contributed by atoms with van der Waals surface area (Å²) in [4.78, 5) is 3.99. The van der Waals surface area contributed by atoms with E-state index in [1.165, 1.54) is 97.4 Å². The zero-order valence-electron chi connectivity index (χ0n) is 34.1. The zero-order valence-corrected chi connectivity index (χ0v) is 34.9. The van der Waals surface area contributed by atoms with Crippen molar-refractivity contribution in [1.29, 1.82) is 0 Å². The second-order valence-corrected chi connectivity index (χ2v) is 17.4. The molecule has 292 valence electrons. The fraction of sp³-hybridized carbons (Fsp3) is 0.0333. The molecule has 1 aliphatic rings. The van der Waals surface area contributed by atoms with Gasteiger partial charge >= 0.3 is 0 Å². The summed E-state index contributed by atoms with van der Waals surface area (Å²) in [6.45, 7) is 0. The van der Waals surface area contributed by atoms with Crippen LogP contribution in [0.25, 0.3) is 93.0 Å². The van der Waals surface area contributed by atoms with E-state index in [0.29, 0.717) is 0 Å². The second kappa shape index (κ2) is 15.2. The van der Waals surface area contributed by atoms with Gasteiger partial charge in [-0.3, -0.25) is 0 Å². The van der Waals surface area contributed by atoms with E-state index in [0.717, 1.165) is 29.9 Å². The van der Waals surface area contributed by atoms with Gasteiger partial charge in [-0.1, -0.05) is 194 Å². The van der Waals surface area contributed by atoms with Gasteiger partial charge in [-0.2, -0.15) is 0 Å². The molecule has 1 nitrogen and oxygen atoms in total. The van der Waals surface area contributed by atoms with Crippen LogP contribution in [0, 0.1) is 0 Å². The highest BCUT2D eigenvalue weighted by molar-refractivity contribution is 7.20. The van der Waals surface area contributed by atoms with Crippen LogP contribution in [0.15, 0.2) is 218 Å². The maximum Gasteiger partial charge on any atom is 0.0546 e. The van der Waals surface area contributed by atoms with Gasteiger partial charge in [-0.05, 0) is 109 Å². The Labute approximate surface area is 366 Å². The van der Waals surface area contributed by atoms with Crippen molar-refractivity contribution < 1.29 is 0 Å². The van der Waals surface area contributed by atoms with E-state index in [4.69, 9.17) is 0 Å². The number of fused-ring (bicyclic) bond motifs is 7. The fourth-order valence-corrected chi connectivity index (χ4v) is 11.0. The summed E-state index contributed by atoms with van der Waals surface area (Å²) in [5.41, 5.74) is 14.4. The van der Waals surface area contributed by atoms with Gasteiger partial charge in [0.25, 0.3) is 0 Å². The summed E-state index contributed by atoms with van der Waals surface area (Å²) in [5.74, 6) is 0. The lowest BCUT2D eigenvalue weighted by Crippen LogP contribution is -2.12. The average molecular weight is 808 g/mol. The van der Waals surface area contributed by atoms with Crippen molar-refractivity contribution in [3.63, 3.8) is 0 Å². The monoisotopic (exact) mass is 807 g/mol. The van der Waals surface area contributed by atoms with Gasteiger partial charge in [0.1, 0.15) is 0 Å². The third-order valence-corrected chi connectivity index (χ3v) is 14.0. The van der Waals surface area contributed by atoms with Gasteiger partial charge < -0.3 is 4.90 Å². The highest BCUT2D eigenvalue weighted by atomic mass is 32.1. The third kappa shape index (κ3) is 6.22. The van der Waals surface area contributed by atoms with Crippen molar-refractivity contribution in [3.8, 4) is 44.5 Å². The van der Waals surface area contributed by atoms with E-state index >= 15 is 0 Å². The lowest BCUT2D eigenvalue weighted by molar-refractivity contribution is 1.02. The summed E-state index contributed by atoms with van der Waals surface area (Å²) < 4.78 is 1.35. The number of para-hydroxylation sites is 1. The van der Waals surface area contributed by atoms with Crippen LogP contribution in [-0.4, -0.2) is 0 Å². The molecular formula is C60H41NS. The van der Waals surface area contributed by atoms with Gasteiger partial charge in [-0.15, -0.1) is 11.3 Å². The minimum absolute atomic E-state index is 1.10. The number of benzene rings is 10. The Kier molecular flexibility index (Phi) is 8.90. The van der Waals surface area contributed by atoms with Crippen LogP contribution >= 0.6 is 11.3 Å². The molecule has 0 radical (unpaired) electrons. The Bertz CT molecular complexity index is 3510. The molecular weight excluding hydrogens is 767 g/mol. The molecule has 12 rings (SSSR count). The minimum atomic E-state index is 1.10. The molecule has 0 spiro atoms. The average Bonchev–Trinajstić information content (AvgIpc) is 3.73. The number of thiophene rings is 1. The SMILES string of the molecule is C1=Cc2c(sc3c(-c4ccccc4N(c4ccc(-c5ccc6c(ccc7ccccc76)c5)cc4)c4cc(-c5cccc6ccccc56)ccc4-c4ccccc4)cccc23)CC1. The van der Waals surface area contributed by atoms with Crippen LogP contribution in [-0.2, 0) is 6.42 Å². The first-order chi connectivity index (χ1) is 30.7. The molecule has 0 atom stereocenters. The molecule has 0 N–H and O–H groups in total. The van der Waals surface area contributed by atoms with Crippen molar-refractivity contribution in [2.75, 3.05) is 4.90 Å². The molecule has 1 aromatic heterocycles. The zero-order chi connectivity index (χ0) is 41.0. The molecule has 1 heterocycles. The first kappa shape index (κ1) is 36.3. The predicted octanol–water partition coefficient (Wildman–Crippen LogP) is 17.5. The molecule has 0 bridgehead atoms. The Morgan fingerprint density at radius 3 is 1.90 bits per heavy atom. The lowest BCUT2D eigenvalue weighted by Gasteiger charge is -2.31. The predicted molar refractivity (Wildman–Crippen MR) is 268 cm³/mol. The van der Waals surface area contributed by atoms with Gasteiger partial charge in [0.05, 0.1) is 11.4 Å². The lowest BCUT2D eigenvalue weighted by atomic mass is 9.93. The van der Waals surface area contributed by atoms with E-state index in [1.807, 2.05) is 11.3 Å². The van der Waals surface area contributed by atoms with Gasteiger partial charge in [-0.25, -0.2) is 0 Å². The quantitative estimate of drug-likeness (QED) is 0.145. The number of hydrogen-bond acceptors (Lipinski definition) is 2. The van der Waals surface area contributed by atoms with Gasteiger partial charge in [0.15, 0.2) is 0 Å². The van der Waals surface area contributed by atoms with Crippen LogP contribution in [0.4, 0.5) is 17.1 Å². The normalized spacial score (nSPS) is 12.3. The van der Waals surface area contributed by atoms with E-state index in [1.54, 1.807) is 0 Å². The second-order valence-electron chi connectivity index (χ2n) is 16.3. The Morgan fingerprint density at radius 2 is 1.02 bits per heavy atom. The van der Waals surface area contributed by atoms with Crippen LogP contribution in [0.2, 0.25) is 0 Å². The van der Waals surface area contributed by atoms with Crippen molar-refractivity contribution in [1.82, 2.24) is 0 Å². The largest absolute Gasteiger partial charge is 0.309 e. The van der Waals surface area contributed by atoms with Crippen LogP contribution in [0.1, 0.15) is 16.9 Å². The molecule has 0 amide bonds. The van der Waals surface area contributed by atoms with Crippen LogP contribution in [0.5, 0.6) is 0 Å². The molecule has 62 heavy (non-hydrogen) atoms. The fourth-order valence-electron chi connectivity index (χ4n) is 9.71. The molecule has 10 aromatic carbocycles. The molecule has 0 unspecified atom stereocenters. The van der Waals surface area contributed by atoms with E-state index in [2.05, 4.69) is 229 Å². The smallest absolute Gasteiger partial charge is 0.0546 e. The van der Waals surface area contributed by atoms with Gasteiger partial charge in [0, 0.05) is 37.3 Å². The summed E-state index contributed by atoms with van der Waals surface area (Å²) >= 11 is 1.97. The molecule has 0 saturated carbocycles. The molecule has 11 aromatic rings. The van der Waals surface area contributed by atoms with Gasteiger partial charge in [0.2, 0.25) is 0 Å². The van der Waals surface area contributed by atoms with Crippen LogP contribution in [0.3, 0.4) is 0 Å².